The minimum atomic E-state index is -4.78. The number of aromatic nitrogens is 1. The molecular formula is C19H20F3N5O. The number of halogens is 3. The summed E-state index contributed by atoms with van der Waals surface area (Å²) in [6.45, 7) is 2.99. The van der Waals surface area contributed by atoms with Gasteiger partial charge in [0.2, 0.25) is 5.91 Å². The zero-order valence-corrected chi connectivity index (χ0v) is 15.2. The number of alkyl halides is 3. The number of hydrogen-bond acceptors (Lipinski definition) is 5. The monoisotopic (exact) mass is 391 g/mol. The van der Waals surface area contributed by atoms with Crippen LogP contribution in [0.5, 0.6) is 0 Å². The Morgan fingerprint density at radius 3 is 2.82 bits per heavy atom. The van der Waals surface area contributed by atoms with Crippen molar-refractivity contribution in [1.29, 1.82) is 5.26 Å². The fraction of sp³-hybridized carbons (Fsp3) is 0.421. The second-order valence-electron chi connectivity index (χ2n) is 7.11. The van der Waals surface area contributed by atoms with Crippen molar-refractivity contribution >= 4 is 22.5 Å². The Balaban J connectivity index is 1.85. The maximum atomic E-state index is 12.7. The third kappa shape index (κ3) is 4.02. The molecule has 0 spiro atoms. The molecule has 2 heterocycles. The number of nitrogens with two attached hydrogens (primary N) is 1. The number of nitriles is 1. The number of nitrogens with one attached hydrogen (secondary N) is 1. The largest absolute Gasteiger partial charge is 0.412 e. The number of fused-ring (bicyclic) bond motifs is 1. The lowest BCUT2D eigenvalue weighted by Gasteiger charge is -2.39. The van der Waals surface area contributed by atoms with Crippen LogP contribution in [0.4, 0.5) is 18.9 Å². The fourth-order valence-electron chi connectivity index (χ4n) is 3.62. The molecule has 2 aromatic rings. The van der Waals surface area contributed by atoms with E-state index in [9.17, 15) is 23.2 Å². The minimum Gasteiger partial charge on any atom is -0.369 e. The number of carbonyl (C=O) groups is 1. The summed E-state index contributed by atoms with van der Waals surface area (Å²) >= 11 is 0. The first-order valence-electron chi connectivity index (χ1n) is 8.86. The summed E-state index contributed by atoms with van der Waals surface area (Å²) in [5.41, 5.74) is 6.85. The summed E-state index contributed by atoms with van der Waals surface area (Å²) in [5, 5.41) is 12.5. The Labute approximate surface area is 160 Å². The first kappa shape index (κ1) is 19.9. The van der Waals surface area contributed by atoms with Crippen molar-refractivity contribution in [3.05, 3.63) is 36.0 Å². The van der Waals surface area contributed by atoms with Gasteiger partial charge in [0.25, 0.3) is 0 Å². The number of amides is 1. The van der Waals surface area contributed by atoms with Crippen LogP contribution in [0.1, 0.15) is 18.9 Å². The van der Waals surface area contributed by atoms with E-state index in [1.807, 2.05) is 17.9 Å². The molecule has 6 nitrogen and oxygen atoms in total. The van der Waals surface area contributed by atoms with Gasteiger partial charge in [-0.1, -0.05) is 6.92 Å². The van der Waals surface area contributed by atoms with Gasteiger partial charge in [-0.3, -0.25) is 9.78 Å². The van der Waals surface area contributed by atoms with Gasteiger partial charge in [-0.25, -0.2) is 0 Å². The lowest BCUT2D eigenvalue weighted by Crippen LogP contribution is -2.57. The summed E-state index contributed by atoms with van der Waals surface area (Å²) in [6, 6.07) is 6.20. The molecule has 1 amide bonds. The van der Waals surface area contributed by atoms with Crippen LogP contribution in [-0.2, 0) is 4.79 Å². The Morgan fingerprint density at radius 1 is 1.39 bits per heavy atom. The standard InChI is InChI=1S/C19H20F3N5O/c1-11-7-13(26-18(28)17(24)19(20,21)22)10-27(9-11)15-5-4-12(8-23)16-14(15)3-2-6-25-16/h2-6,11,13,17H,7,9-10,24H2,1H3,(H,26,28)/t11-,13+,17+/m0/s1. The SMILES string of the molecule is C[C@H]1C[C@@H](NC(=O)[C@@H](N)C(F)(F)F)CN(c2ccc(C#N)c3ncccc23)C1. The maximum absolute atomic E-state index is 12.7. The second kappa shape index (κ2) is 7.64. The van der Waals surface area contributed by atoms with E-state index in [4.69, 9.17) is 5.73 Å². The maximum Gasteiger partial charge on any atom is 0.412 e. The third-order valence-electron chi connectivity index (χ3n) is 4.85. The Kier molecular flexibility index (Phi) is 5.42. The summed E-state index contributed by atoms with van der Waals surface area (Å²) < 4.78 is 38.1. The van der Waals surface area contributed by atoms with Crippen molar-refractivity contribution < 1.29 is 18.0 Å². The lowest BCUT2D eigenvalue weighted by molar-refractivity contribution is -0.163. The predicted octanol–water partition coefficient (Wildman–Crippen LogP) is 2.33. The van der Waals surface area contributed by atoms with Gasteiger partial charge in [-0.15, -0.1) is 0 Å². The molecule has 3 atom stereocenters. The van der Waals surface area contributed by atoms with E-state index < -0.39 is 24.2 Å². The van der Waals surface area contributed by atoms with Crippen LogP contribution in [0.2, 0.25) is 0 Å². The van der Waals surface area contributed by atoms with Gasteiger partial charge < -0.3 is 16.0 Å². The van der Waals surface area contributed by atoms with Crippen molar-refractivity contribution in [2.45, 2.75) is 31.6 Å². The highest BCUT2D eigenvalue weighted by molar-refractivity contribution is 5.95. The molecule has 9 heteroatoms. The van der Waals surface area contributed by atoms with Gasteiger partial charge in [-0.05, 0) is 36.6 Å². The molecule has 0 bridgehead atoms. The van der Waals surface area contributed by atoms with Crippen LogP contribution in [-0.4, -0.2) is 42.2 Å². The van der Waals surface area contributed by atoms with Gasteiger partial charge in [0.15, 0.2) is 6.04 Å². The highest BCUT2D eigenvalue weighted by Gasteiger charge is 2.43. The van der Waals surface area contributed by atoms with Crippen LogP contribution >= 0.6 is 0 Å². The van der Waals surface area contributed by atoms with Crippen LogP contribution in [0.3, 0.4) is 0 Å². The summed E-state index contributed by atoms with van der Waals surface area (Å²) in [5.74, 6) is -1.08. The summed E-state index contributed by atoms with van der Waals surface area (Å²) in [6.07, 6.45) is -2.62. The Morgan fingerprint density at radius 2 is 2.14 bits per heavy atom. The molecule has 1 aliphatic rings. The van der Waals surface area contributed by atoms with Crippen molar-refractivity contribution in [2.24, 2.45) is 11.7 Å². The van der Waals surface area contributed by atoms with Crippen molar-refractivity contribution in [3.63, 3.8) is 0 Å². The van der Waals surface area contributed by atoms with Gasteiger partial charge in [-0.2, -0.15) is 18.4 Å². The molecule has 0 radical (unpaired) electrons. The molecule has 0 unspecified atom stereocenters. The molecule has 1 saturated heterocycles. The molecule has 1 aromatic carbocycles. The fourth-order valence-corrected chi connectivity index (χ4v) is 3.62. The average Bonchev–Trinajstić information content (AvgIpc) is 2.65. The minimum absolute atomic E-state index is 0.142. The van der Waals surface area contributed by atoms with E-state index >= 15 is 0 Å². The van der Waals surface area contributed by atoms with E-state index in [2.05, 4.69) is 16.4 Å². The van der Waals surface area contributed by atoms with Crippen LogP contribution in [0, 0.1) is 17.2 Å². The summed E-state index contributed by atoms with van der Waals surface area (Å²) in [4.78, 5) is 18.2. The molecular weight excluding hydrogens is 371 g/mol. The van der Waals surface area contributed by atoms with Gasteiger partial charge in [0, 0.05) is 36.4 Å². The highest BCUT2D eigenvalue weighted by atomic mass is 19.4. The first-order chi connectivity index (χ1) is 13.2. The molecule has 148 valence electrons. The molecule has 0 saturated carbocycles. The van der Waals surface area contributed by atoms with Crippen LogP contribution in [0.25, 0.3) is 10.9 Å². The zero-order valence-electron chi connectivity index (χ0n) is 15.2. The molecule has 1 aliphatic heterocycles. The number of carbonyl (C=O) groups excluding carboxylic acids is 1. The number of benzene rings is 1. The molecule has 1 aromatic heterocycles. The number of rotatable bonds is 3. The topological polar surface area (TPSA) is 95.0 Å². The highest BCUT2D eigenvalue weighted by Crippen LogP contribution is 2.31. The zero-order chi connectivity index (χ0) is 20.5. The second-order valence-corrected chi connectivity index (χ2v) is 7.11. The van der Waals surface area contributed by atoms with Gasteiger partial charge in [0.1, 0.15) is 6.07 Å². The van der Waals surface area contributed by atoms with Crippen LogP contribution in [0.15, 0.2) is 30.5 Å². The first-order valence-corrected chi connectivity index (χ1v) is 8.86. The number of hydrogen-bond donors (Lipinski definition) is 2. The quantitative estimate of drug-likeness (QED) is 0.837. The lowest BCUT2D eigenvalue weighted by atomic mass is 9.94. The normalized spacial score (nSPS) is 21.2. The number of piperidine rings is 1. The number of nitrogens with zero attached hydrogens (tertiary/aromatic N) is 3. The van der Waals surface area contributed by atoms with Gasteiger partial charge in [0.05, 0.1) is 11.1 Å². The average molecular weight is 391 g/mol. The molecule has 0 aliphatic carbocycles. The van der Waals surface area contributed by atoms with E-state index in [0.29, 0.717) is 30.6 Å². The molecule has 28 heavy (non-hydrogen) atoms. The van der Waals surface area contributed by atoms with Crippen molar-refractivity contribution in [2.75, 3.05) is 18.0 Å². The van der Waals surface area contributed by atoms with Crippen molar-refractivity contribution in [3.8, 4) is 6.07 Å². The predicted molar refractivity (Wildman–Crippen MR) is 98.4 cm³/mol. The Hall–Kier alpha value is -2.86. The Bertz CT molecular complexity index is 924. The van der Waals surface area contributed by atoms with Gasteiger partial charge >= 0.3 is 6.18 Å². The van der Waals surface area contributed by atoms with E-state index in [1.54, 1.807) is 24.4 Å². The van der Waals surface area contributed by atoms with E-state index in [1.165, 1.54) is 0 Å². The van der Waals surface area contributed by atoms with Crippen molar-refractivity contribution in [1.82, 2.24) is 10.3 Å². The van der Waals surface area contributed by atoms with E-state index in [-0.39, 0.29) is 5.92 Å². The smallest absolute Gasteiger partial charge is 0.369 e. The third-order valence-corrected chi connectivity index (χ3v) is 4.85. The molecule has 3 N–H and O–H groups in total. The van der Waals surface area contributed by atoms with E-state index in [0.717, 1.165) is 11.1 Å². The summed E-state index contributed by atoms with van der Waals surface area (Å²) in [7, 11) is 0. The molecule has 1 fully saturated rings. The number of pyridine rings is 1. The molecule has 3 rings (SSSR count). The number of anilines is 1. The van der Waals surface area contributed by atoms with Crippen LogP contribution < -0.4 is 16.0 Å².